The van der Waals surface area contributed by atoms with E-state index in [1.165, 1.54) is 6.21 Å². The van der Waals surface area contributed by atoms with Crippen molar-refractivity contribution in [3.8, 4) is 0 Å². The molecular formula is C6H13N3. The smallest absolute Gasteiger partial charge is 0.0292 e. The molecule has 0 aromatic carbocycles. The minimum atomic E-state index is 0.652. The van der Waals surface area contributed by atoms with Crippen molar-refractivity contribution in [3.63, 3.8) is 0 Å². The Morgan fingerprint density at radius 2 is 2.33 bits per heavy atom. The van der Waals surface area contributed by atoms with E-state index >= 15 is 0 Å². The number of rotatable bonds is 4. The molecule has 0 atom stereocenters. The molecule has 0 bridgehead atoms. The van der Waals surface area contributed by atoms with Crippen molar-refractivity contribution in [3.05, 3.63) is 12.3 Å². The molecule has 3 nitrogen and oxygen atoms in total. The summed E-state index contributed by atoms with van der Waals surface area (Å²) in [4.78, 5) is 1.94. The second-order valence-electron chi connectivity index (χ2n) is 1.78. The van der Waals surface area contributed by atoms with E-state index in [1.807, 2.05) is 18.1 Å². The highest BCUT2D eigenvalue weighted by Crippen LogP contribution is 1.79. The Morgan fingerprint density at radius 1 is 1.67 bits per heavy atom. The predicted octanol–water partition coefficient (Wildman–Crippen LogP) is 0.0402. The largest absolute Gasteiger partial charge is 0.379 e. The third-order valence-electron chi connectivity index (χ3n) is 0.919. The van der Waals surface area contributed by atoms with Crippen LogP contribution >= 0.6 is 0 Å². The van der Waals surface area contributed by atoms with Crippen molar-refractivity contribution in [1.29, 1.82) is 5.41 Å². The molecule has 0 unspecified atom stereocenters. The summed E-state index contributed by atoms with van der Waals surface area (Å²) in [6.07, 6.45) is 4.72. The maximum Gasteiger partial charge on any atom is 0.0292 e. The molecule has 3 heteroatoms. The molecule has 0 amide bonds. The van der Waals surface area contributed by atoms with Gasteiger partial charge in [0.2, 0.25) is 0 Å². The molecule has 0 saturated heterocycles. The molecule has 0 heterocycles. The average Bonchev–Trinajstić information content (AvgIpc) is 1.85. The molecule has 52 valence electrons. The van der Waals surface area contributed by atoms with Gasteiger partial charge in [-0.15, -0.1) is 0 Å². The Hall–Kier alpha value is -0.830. The lowest BCUT2D eigenvalue weighted by Crippen LogP contribution is -2.20. The van der Waals surface area contributed by atoms with E-state index in [0.717, 1.165) is 6.54 Å². The van der Waals surface area contributed by atoms with Crippen LogP contribution < -0.4 is 5.73 Å². The second kappa shape index (κ2) is 5.31. The molecule has 9 heavy (non-hydrogen) atoms. The van der Waals surface area contributed by atoms with Gasteiger partial charge in [-0.3, -0.25) is 0 Å². The Kier molecular flexibility index (Phi) is 4.82. The van der Waals surface area contributed by atoms with Gasteiger partial charge in [-0.2, -0.15) is 0 Å². The average molecular weight is 127 g/mol. The first kappa shape index (κ1) is 8.17. The fraction of sp³-hybridized carbons (Fsp3) is 0.500. The highest BCUT2D eigenvalue weighted by atomic mass is 15.1. The molecule has 0 aliphatic rings. The normalized spacial score (nSPS) is 10.0. The van der Waals surface area contributed by atoms with E-state index in [4.69, 9.17) is 11.1 Å². The topological polar surface area (TPSA) is 53.1 Å². The summed E-state index contributed by atoms with van der Waals surface area (Å²) in [6.45, 7) is 1.49. The lowest BCUT2D eigenvalue weighted by atomic mass is 10.5. The van der Waals surface area contributed by atoms with Gasteiger partial charge < -0.3 is 16.0 Å². The molecule has 0 aromatic rings. The van der Waals surface area contributed by atoms with Crippen LogP contribution in [0.25, 0.3) is 0 Å². The van der Waals surface area contributed by atoms with E-state index < -0.39 is 0 Å². The Morgan fingerprint density at radius 3 is 2.78 bits per heavy atom. The molecule has 0 saturated carbocycles. The minimum Gasteiger partial charge on any atom is -0.379 e. The quantitative estimate of drug-likeness (QED) is 0.524. The zero-order valence-electron chi connectivity index (χ0n) is 5.67. The van der Waals surface area contributed by atoms with Crippen LogP contribution in [0.3, 0.4) is 0 Å². The molecule has 0 rings (SSSR count). The first-order valence-corrected chi connectivity index (χ1v) is 2.89. The van der Waals surface area contributed by atoms with Gasteiger partial charge in [0.25, 0.3) is 0 Å². The van der Waals surface area contributed by atoms with Crippen LogP contribution in [0.4, 0.5) is 0 Å². The molecular weight excluding hydrogens is 114 g/mol. The predicted molar refractivity (Wildman–Crippen MR) is 39.6 cm³/mol. The second-order valence-corrected chi connectivity index (χ2v) is 1.78. The molecule has 0 aliphatic heterocycles. The number of hydrogen-bond donors (Lipinski definition) is 2. The lowest BCUT2D eigenvalue weighted by molar-refractivity contribution is 0.468. The first-order chi connectivity index (χ1) is 4.31. The monoisotopic (exact) mass is 127 g/mol. The third kappa shape index (κ3) is 5.03. The highest BCUT2D eigenvalue weighted by Gasteiger charge is 1.83. The SMILES string of the molecule is CN(/C=C\C=N)CCN. The number of likely N-dealkylation sites (N-methyl/N-ethyl adjacent to an activating group) is 1. The van der Waals surface area contributed by atoms with Gasteiger partial charge in [0.05, 0.1) is 0 Å². The van der Waals surface area contributed by atoms with Crippen molar-refractivity contribution in [2.75, 3.05) is 20.1 Å². The van der Waals surface area contributed by atoms with E-state index in [-0.39, 0.29) is 0 Å². The summed E-state index contributed by atoms with van der Waals surface area (Å²) >= 11 is 0. The van der Waals surface area contributed by atoms with Crippen LogP contribution in [0.1, 0.15) is 0 Å². The number of nitrogens with one attached hydrogen (secondary N) is 1. The summed E-state index contributed by atoms with van der Waals surface area (Å²) in [5, 5.41) is 6.66. The summed E-state index contributed by atoms with van der Waals surface area (Å²) in [5.74, 6) is 0. The minimum absolute atomic E-state index is 0.652. The Labute approximate surface area is 55.7 Å². The van der Waals surface area contributed by atoms with E-state index in [9.17, 15) is 0 Å². The van der Waals surface area contributed by atoms with Gasteiger partial charge >= 0.3 is 0 Å². The van der Waals surface area contributed by atoms with Crippen LogP contribution in [0.5, 0.6) is 0 Å². The Bertz CT molecular complexity index is 98.5. The fourth-order valence-corrected chi connectivity index (χ4v) is 0.468. The van der Waals surface area contributed by atoms with Crippen molar-refractivity contribution in [2.45, 2.75) is 0 Å². The fourth-order valence-electron chi connectivity index (χ4n) is 0.468. The van der Waals surface area contributed by atoms with Crippen molar-refractivity contribution >= 4 is 6.21 Å². The van der Waals surface area contributed by atoms with Crippen LogP contribution in [0.15, 0.2) is 12.3 Å². The van der Waals surface area contributed by atoms with Gasteiger partial charge in [0, 0.05) is 32.6 Å². The van der Waals surface area contributed by atoms with Gasteiger partial charge in [-0.25, -0.2) is 0 Å². The standard InChI is InChI=1S/C6H13N3/c1-9(6-4-8)5-2-3-7/h2-3,5,7H,4,6,8H2,1H3/b5-2-,7-3?. The number of nitrogens with zero attached hydrogens (tertiary/aromatic N) is 1. The molecule has 0 aliphatic carbocycles. The third-order valence-corrected chi connectivity index (χ3v) is 0.919. The summed E-state index contributed by atoms with van der Waals surface area (Å²) in [6, 6.07) is 0. The van der Waals surface area contributed by atoms with Crippen LogP contribution in [-0.2, 0) is 0 Å². The highest BCUT2D eigenvalue weighted by molar-refractivity contribution is 5.67. The summed E-state index contributed by atoms with van der Waals surface area (Å²) in [7, 11) is 1.92. The van der Waals surface area contributed by atoms with E-state index in [2.05, 4.69) is 0 Å². The van der Waals surface area contributed by atoms with Crippen LogP contribution in [0.2, 0.25) is 0 Å². The van der Waals surface area contributed by atoms with Gasteiger partial charge in [-0.05, 0) is 6.08 Å². The number of allylic oxidation sites excluding steroid dienone is 1. The maximum absolute atomic E-state index is 6.66. The number of nitrogens with two attached hydrogens (primary N) is 1. The van der Waals surface area contributed by atoms with Gasteiger partial charge in [-0.1, -0.05) is 0 Å². The van der Waals surface area contributed by atoms with Crippen LogP contribution in [0, 0.1) is 5.41 Å². The van der Waals surface area contributed by atoms with E-state index in [1.54, 1.807) is 6.08 Å². The molecule has 3 N–H and O–H groups in total. The maximum atomic E-state index is 6.66. The first-order valence-electron chi connectivity index (χ1n) is 2.89. The zero-order valence-corrected chi connectivity index (χ0v) is 5.67. The lowest BCUT2D eigenvalue weighted by Gasteiger charge is -2.10. The summed E-state index contributed by atoms with van der Waals surface area (Å²) in [5.41, 5.74) is 5.27. The zero-order chi connectivity index (χ0) is 7.11. The molecule has 0 fully saturated rings. The van der Waals surface area contributed by atoms with Crippen molar-refractivity contribution in [1.82, 2.24) is 4.90 Å². The van der Waals surface area contributed by atoms with Gasteiger partial charge in [0.15, 0.2) is 0 Å². The van der Waals surface area contributed by atoms with E-state index in [0.29, 0.717) is 6.54 Å². The Balaban J connectivity index is 3.35. The number of hydrogen-bond acceptors (Lipinski definition) is 3. The van der Waals surface area contributed by atoms with Gasteiger partial charge in [0.1, 0.15) is 0 Å². The van der Waals surface area contributed by atoms with Crippen molar-refractivity contribution in [2.24, 2.45) is 5.73 Å². The molecule has 0 spiro atoms. The summed E-state index contributed by atoms with van der Waals surface area (Å²) < 4.78 is 0. The molecule has 0 aromatic heterocycles. The van der Waals surface area contributed by atoms with Crippen molar-refractivity contribution < 1.29 is 0 Å². The molecule has 0 radical (unpaired) electrons. The van der Waals surface area contributed by atoms with Crippen LogP contribution in [-0.4, -0.2) is 31.3 Å².